The van der Waals surface area contributed by atoms with Crippen molar-refractivity contribution in [1.29, 1.82) is 0 Å². The van der Waals surface area contributed by atoms with Gasteiger partial charge in [0.25, 0.3) is 0 Å². The van der Waals surface area contributed by atoms with Gasteiger partial charge in [-0.15, -0.1) is 0 Å². The number of rotatable bonds is 2. The molecule has 0 aliphatic heterocycles. The molecule has 0 saturated heterocycles. The van der Waals surface area contributed by atoms with Crippen molar-refractivity contribution in [3.63, 3.8) is 0 Å². The summed E-state index contributed by atoms with van der Waals surface area (Å²) in [5.41, 5.74) is -1.67. The van der Waals surface area contributed by atoms with Crippen LogP contribution in [0, 0.1) is 28.6 Å². The quantitative estimate of drug-likeness (QED) is 0.683. The molecular formula is C23H36O6. The lowest BCUT2D eigenvalue weighted by molar-refractivity contribution is -0.267. The molecule has 0 heterocycles. The Balaban J connectivity index is 1.60. The van der Waals surface area contributed by atoms with Crippen LogP contribution in [0.15, 0.2) is 0 Å². The molecule has 29 heavy (non-hydrogen) atoms. The van der Waals surface area contributed by atoms with E-state index in [0.29, 0.717) is 30.6 Å². The average Bonchev–Trinajstić information content (AvgIpc) is 2.93. The minimum atomic E-state index is -1.23. The molecule has 2 N–H and O–H groups in total. The highest BCUT2D eigenvalue weighted by atomic mass is 16.5. The fourth-order valence-corrected chi connectivity index (χ4v) is 7.92. The molecule has 0 bridgehead atoms. The third kappa shape index (κ3) is 3.04. The second kappa shape index (κ2) is 6.94. The maximum absolute atomic E-state index is 11.7. The molecule has 0 amide bonds. The van der Waals surface area contributed by atoms with Gasteiger partial charge in [0.15, 0.2) is 0 Å². The Bertz CT molecular complexity index is 693. The van der Waals surface area contributed by atoms with Crippen LogP contribution >= 0.6 is 0 Å². The van der Waals surface area contributed by atoms with E-state index in [2.05, 4.69) is 13.8 Å². The monoisotopic (exact) mass is 408 g/mol. The van der Waals surface area contributed by atoms with E-state index in [1.807, 2.05) is 0 Å². The van der Waals surface area contributed by atoms with E-state index < -0.39 is 17.1 Å². The van der Waals surface area contributed by atoms with Gasteiger partial charge in [0.1, 0.15) is 12.2 Å². The fourth-order valence-electron chi connectivity index (χ4n) is 7.92. The first-order valence-corrected chi connectivity index (χ1v) is 11.3. The summed E-state index contributed by atoms with van der Waals surface area (Å²) in [7, 11) is 0. The highest BCUT2D eigenvalue weighted by Crippen LogP contribution is 2.67. The van der Waals surface area contributed by atoms with Crippen molar-refractivity contribution in [3.8, 4) is 0 Å². The zero-order chi connectivity index (χ0) is 21.2. The van der Waals surface area contributed by atoms with Crippen LogP contribution in [0.3, 0.4) is 0 Å². The highest BCUT2D eigenvalue weighted by Gasteiger charge is 2.68. The number of aliphatic hydroxyl groups is 2. The summed E-state index contributed by atoms with van der Waals surface area (Å²) in [6.45, 7) is 7.27. The van der Waals surface area contributed by atoms with E-state index in [1.54, 1.807) is 0 Å². The van der Waals surface area contributed by atoms with Crippen molar-refractivity contribution < 1.29 is 29.3 Å². The average molecular weight is 409 g/mol. The second-order valence-corrected chi connectivity index (χ2v) is 10.7. The summed E-state index contributed by atoms with van der Waals surface area (Å²) < 4.78 is 11.1. The minimum Gasteiger partial charge on any atom is -0.462 e. The Hall–Kier alpha value is -1.14. The zero-order valence-electron chi connectivity index (χ0n) is 18.1. The molecule has 4 aliphatic carbocycles. The molecule has 0 unspecified atom stereocenters. The minimum absolute atomic E-state index is 0.0450. The maximum atomic E-state index is 11.7. The first kappa shape index (κ1) is 21.1. The molecule has 6 heteroatoms. The maximum Gasteiger partial charge on any atom is 0.302 e. The van der Waals surface area contributed by atoms with Crippen LogP contribution in [0.1, 0.15) is 79.1 Å². The van der Waals surface area contributed by atoms with Crippen molar-refractivity contribution in [2.45, 2.75) is 103 Å². The summed E-state index contributed by atoms with van der Waals surface area (Å²) in [5, 5.41) is 22.9. The van der Waals surface area contributed by atoms with Crippen LogP contribution in [0.5, 0.6) is 0 Å². The van der Waals surface area contributed by atoms with E-state index in [-0.39, 0.29) is 29.6 Å². The Labute approximate surface area is 173 Å². The lowest BCUT2D eigenvalue weighted by atomic mass is 9.43. The Kier molecular flexibility index (Phi) is 5.05. The number of hydrogen-bond donors (Lipinski definition) is 2. The van der Waals surface area contributed by atoms with Crippen LogP contribution in [-0.2, 0) is 19.1 Å². The topological polar surface area (TPSA) is 93.1 Å². The van der Waals surface area contributed by atoms with Crippen molar-refractivity contribution in [1.82, 2.24) is 0 Å². The first-order chi connectivity index (χ1) is 13.5. The van der Waals surface area contributed by atoms with Crippen molar-refractivity contribution in [3.05, 3.63) is 0 Å². The van der Waals surface area contributed by atoms with Gasteiger partial charge >= 0.3 is 11.9 Å². The molecule has 4 aliphatic rings. The smallest absolute Gasteiger partial charge is 0.302 e. The van der Waals surface area contributed by atoms with E-state index in [9.17, 15) is 19.8 Å². The zero-order valence-corrected chi connectivity index (χ0v) is 18.1. The van der Waals surface area contributed by atoms with Crippen LogP contribution in [0.25, 0.3) is 0 Å². The van der Waals surface area contributed by atoms with Gasteiger partial charge in [-0.3, -0.25) is 9.59 Å². The van der Waals surface area contributed by atoms with Gasteiger partial charge in [-0.1, -0.05) is 13.8 Å². The fraction of sp³-hybridized carbons (Fsp3) is 0.913. The van der Waals surface area contributed by atoms with Crippen LogP contribution in [-0.4, -0.2) is 46.1 Å². The number of carbonyl (C=O) groups excluding carboxylic acids is 2. The predicted octanol–water partition coefficient (Wildman–Crippen LogP) is 2.98. The predicted molar refractivity (Wildman–Crippen MR) is 106 cm³/mol. The van der Waals surface area contributed by atoms with Gasteiger partial charge < -0.3 is 19.7 Å². The molecule has 0 spiro atoms. The van der Waals surface area contributed by atoms with E-state index in [4.69, 9.17) is 9.47 Å². The Morgan fingerprint density at radius 1 is 0.931 bits per heavy atom. The third-order valence-corrected chi connectivity index (χ3v) is 9.37. The van der Waals surface area contributed by atoms with Crippen molar-refractivity contribution >= 4 is 11.9 Å². The molecule has 6 nitrogen and oxygen atoms in total. The number of ether oxygens (including phenoxy) is 2. The molecule has 0 radical (unpaired) electrons. The molecule has 164 valence electrons. The van der Waals surface area contributed by atoms with Gasteiger partial charge in [0.2, 0.25) is 0 Å². The number of hydrogen-bond acceptors (Lipinski definition) is 6. The van der Waals surface area contributed by atoms with Gasteiger partial charge in [-0.05, 0) is 62.7 Å². The molecule has 0 aromatic carbocycles. The summed E-state index contributed by atoms with van der Waals surface area (Å²) in [4.78, 5) is 23.0. The highest BCUT2D eigenvalue weighted by molar-refractivity contribution is 5.66. The van der Waals surface area contributed by atoms with E-state index in [1.165, 1.54) is 13.8 Å². The van der Waals surface area contributed by atoms with Gasteiger partial charge in [-0.2, -0.15) is 0 Å². The number of esters is 2. The summed E-state index contributed by atoms with van der Waals surface area (Å²) in [5.74, 6) is 0.491. The van der Waals surface area contributed by atoms with Crippen molar-refractivity contribution in [2.75, 3.05) is 0 Å². The molecule has 4 fully saturated rings. The molecule has 4 rings (SSSR count). The third-order valence-electron chi connectivity index (χ3n) is 9.37. The first-order valence-electron chi connectivity index (χ1n) is 11.3. The van der Waals surface area contributed by atoms with Crippen LogP contribution in [0.2, 0.25) is 0 Å². The van der Waals surface area contributed by atoms with Gasteiger partial charge in [-0.25, -0.2) is 0 Å². The van der Waals surface area contributed by atoms with E-state index in [0.717, 1.165) is 38.5 Å². The lowest BCUT2D eigenvalue weighted by Gasteiger charge is -2.65. The number of aliphatic hydroxyl groups excluding tert-OH is 1. The van der Waals surface area contributed by atoms with Gasteiger partial charge in [0.05, 0.1) is 11.7 Å². The summed E-state index contributed by atoms with van der Waals surface area (Å²) in [6.07, 6.45) is 4.99. The van der Waals surface area contributed by atoms with Gasteiger partial charge in [0, 0.05) is 31.1 Å². The summed E-state index contributed by atoms with van der Waals surface area (Å²) >= 11 is 0. The lowest BCUT2D eigenvalue weighted by Crippen LogP contribution is -2.68. The largest absolute Gasteiger partial charge is 0.462 e. The molecule has 0 aromatic rings. The molecule has 9 atom stereocenters. The standard InChI is InChI=1S/C23H36O6/c1-13(24)28-15-7-10-22(4)18-8-9-21(3)17(5-6-20(21)29-14(2)25)16(18)11-19(26)23(22,27)12-15/h15-20,26-27H,5-12H2,1-4H3/t15-,16-,17-,18-,19-,20+,21-,22+,23-/m0/s1. The normalized spacial score (nSPS) is 51.4. The van der Waals surface area contributed by atoms with Crippen LogP contribution in [0.4, 0.5) is 0 Å². The molecule has 0 aromatic heterocycles. The number of carbonyl (C=O) groups is 2. The second-order valence-electron chi connectivity index (χ2n) is 10.7. The molecule has 4 saturated carbocycles. The Morgan fingerprint density at radius 3 is 2.28 bits per heavy atom. The van der Waals surface area contributed by atoms with Crippen molar-refractivity contribution in [2.24, 2.45) is 28.6 Å². The molecular weight excluding hydrogens is 372 g/mol. The SMILES string of the molecule is CC(=O)O[C@H]1CC[C@]2(C)[C@H]3CC[C@]4(C)[C@H](OC(C)=O)CC[C@H]4[C@@H]3C[C@H](O)[C@@]2(O)C1. The number of fused-ring (bicyclic) bond motifs is 5. The summed E-state index contributed by atoms with van der Waals surface area (Å²) in [6, 6.07) is 0. The van der Waals surface area contributed by atoms with E-state index >= 15 is 0 Å². The Morgan fingerprint density at radius 2 is 1.62 bits per heavy atom. The van der Waals surface area contributed by atoms with Crippen LogP contribution < -0.4 is 0 Å².